The number of nitrogens with zero attached hydrogens (tertiary/aromatic N) is 5. The monoisotopic (exact) mass is 491 g/mol. The molecule has 2 aromatic carbocycles. The molecule has 0 N–H and O–H groups in total. The molecule has 9 heteroatoms. The van der Waals surface area contributed by atoms with Crippen LogP contribution in [0.2, 0.25) is 0 Å². The third-order valence-electron chi connectivity index (χ3n) is 6.59. The summed E-state index contributed by atoms with van der Waals surface area (Å²) >= 11 is 0. The second kappa shape index (κ2) is 9.64. The van der Waals surface area contributed by atoms with Crippen molar-refractivity contribution in [1.29, 1.82) is 0 Å². The van der Waals surface area contributed by atoms with Crippen LogP contribution in [-0.4, -0.2) is 45.4 Å². The van der Waals surface area contributed by atoms with Gasteiger partial charge < -0.3 is 14.4 Å². The van der Waals surface area contributed by atoms with Gasteiger partial charge in [0.2, 0.25) is 5.88 Å². The summed E-state index contributed by atoms with van der Waals surface area (Å²) in [5, 5.41) is 0. The zero-order valence-electron chi connectivity index (χ0n) is 20.9. The standard InChI is InChI=1S/C27H30FN5O3/c1-17(2)36-26-21(29-12-13-30-26)16-32-25-22(9-6-10-23(25)35-4)33(27(32)34)19-11-14-31(15-19)24-18(3)7-5-8-20(24)28/h5-10,12-13,17,19H,11,14-16H2,1-4H3/t19-/m1/s1. The molecule has 0 radical (unpaired) electrons. The number of benzene rings is 2. The smallest absolute Gasteiger partial charge is 0.329 e. The van der Waals surface area contributed by atoms with Gasteiger partial charge in [-0.1, -0.05) is 18.2 Å². The second-order valence-corrected chi connectivity index (χ2v) is 9.34. The number of fused-ring (bicyclic) bond motifs is 1. The predicted molar refractivity (Wildman–Crippen MR) is 137 cm³/mol. The molecule has 1 fully saturated rings. The van der Waals surface area contributed by atoms with Crippen LogP contribution in [0.5, 0.6) is 11.6 Å². The lowest BCUT2D eigenvalue weighted by atomic mass is 10.2. The number of hydrogen-bond acceptors (Lipinski definition) is 6. The minimum Gasteiger partial charge on any atom is -0.494 e. The van der Waals surface area contributed by atoms with Gasteiger partial charge >= 0.3 is 5.69 Å². The Bertz CT molecular complexity index is 1440. The largest absolute Gasteiger partial charge is 0.494 e. The highest BCUT2D eigenvalue weighted by Crippen LogP contribution is 2.34. The van der Waals surface area contributed by atoms with Crippen molar-refractivity contribution in [2.45, 2.75) is 45.9 Å². The molecule has 8 nitrogen and oxygen atoms in total. The molecule has 0 bridgehead atoms. The van der Waals surface area contributed by atoms with Gasteiger partial charge in [-0.15, -0.1) is 0 Å². The second-order valence-electron chi connectivity index (χ2n) is 9.34. The van der Waals surface area contributed by atoms with E-state index in [1.54, 1.807) is 30.1 Å². The molecule has 188 valence electrons. The maximum absolute atomic E-state index is 14.7. The number of anilines is 1. The van der Waals surface area contributed by atoms with Gasteiger partial charge in [0.25, 0.3) is 0 Å². The molecule has 0 saturated carbocycles. The zero-order valence-corrected chi connectivity index (χ0v) is 20.9. The Hall–Kier alpha value is -3.88. The number of aromatic nitrogens is 4. The van der Waals surface area contributed by atoms with E-state index in [-0.39, 0.29) is 30.2 Å². The van der Waals surface area contributed by atoms with E-state index < -0.39 is 0 Å². The molecule has 1 aliphatic rings. The van der Waals surface area contributed by atoms with E-state index in [1.807, 2.05) is 54.5 Å². The quantitative estimate of drug-likeness (QED) is 0.383. The molecule has 0 aliphatic carbocycles. The van der Waals surface area contributed by atoms with Crippen LogP contribution in [0.25, 0.3) is 11.0 Å². The maximum atomic E-state index is 14.7. The Morgan fingerprint density at radius 1 is 1.14 bits per heavy atom. The summed E-state index contributed by atoms with van der Waals surface area (Å²) in [5.74, 6) is 0.753. The molecule has 1 saturated heterocycles. The molecule has 0 amide bonds. The van der Waals surface area contributed by atoms with Crippen LogP contribution in [0, 0.1) is 12.7 Å². The molecule has 3 heterocycles. The van der Waals surface area contributed by atoms with E-state index in [2.05, 4.69) is 9.97 Å². The molecule has 36 heavy (non-hydrogen) atoms. The van der Waals surface area contributed by atoms with Gasteiger partial charge in [-0.2, -0.15) is 0 Å². The minimum atomic E-state index is -0.243. The molecule has 1 atom stereocenters. The van der Waals surface area contributed by atoms with Crippen LogP contribution in [0.3, 0.4) is 0 Å². The zero-order chi connectivity index (χ0) is 25.4. The van der Waals surface area contributed by atoms with Crippen molar-refractivity contribution in [3.8, 4) is 11.6 Å². The molecule has 1 aliphatic heterocycles. The van der Waals surface area contributed by atoms with E-state index >= 15 is 0 Å². The van der Waals surface area contributed by atoms with Gasteiger partial charge in [0.05, 0.1) is 37.0 Å². The summed E-state index contributed by atoms with van der Waals surface area (Å²) < 4.78 is 29.7. The van der Waals surface area contributed by atoms with Gasteiger partial charge in [-0.3, -0.25) is 14.1 Å². The third kappa shape index (κ3) is 4.19. The van der Waals surface area contributed by atoms with Crippen molar-refractivity contribution in [2.75, 3.05) is 25.1 Å². The van der Waals surface area contributed by atoms with E-state index in [9.17, 15) is 9.18 Å². The first-order chi connectivity index (χ1) is 17.4. The first kappa shape index (κ1) is 23.8. The minimum absolute atomic E-state index is 0.0839. The van der Waals surface area contributed by atoms with Crippen molar-refractivity contribution in [1.82, 2.24) is 19.1 Å². The fourth-order valence-corrected chi connectivity index (χ4v) is 5.08. The van der Waals surface area contributed by atoms with Gasteiger partial charge in [-0.25, -0.2) is 14.2 Å². The number of ether oxygens (including phenoxy) is 2. The Labute approximate surface area is 208 Å². The number of imidazole rings is 1. The van der Waals surface area contributed by atoms with E-state index in [0.29, 0.717) is 41.6 Å². The van der Waals surface area contributed by atoms with E-state index in [4.69, 9.17) is 9.47 Å². The van der Waals surface area contributed by atoms with Gasteiger partial charge in [0.15, 0.2) is 0 Å². The molecule has 4 aromatic rings. The molecular formula is C27H30FN5O3. The van der Waals surface area contributed by atoms with Crippen LogP contribution >= 0.6 is 0 Å². The Balaban J connectivity index is 1.59. The van der Waals surface area contributed by atoms with Crippen LogP contribution in [0.1, 0.15) is 37.6 Å². The highest BCUT2D eigenvalue weighted by molar-refractivity contribution is 5.83. The predicted octanol–water partition coefficient (Wildman–Crippen LogP) is 4.34. The summed E-state index contributed by atoms with van der Waals surface area (Å²) in [6.07, 6.45) is 3.80. The Kier molecular flexibility index (Phi) is 6.38. The number of methoxy groups -OCH3 is 1. The first-order valence-corrected chi connectivity index (χ1v) is 12.1. The lowest BCUT2D eigenvalue weighted by Crippen LogP contribution is -2.30. The van der Waals surface area contributed by atoms with Crippen molar-refractivity contribution < 1.29 is 13.9 Å². The fourth-order valence-electron chi connectivity index (χ4n) is 5.08. The highest BCUT2D eigenvalue weighted by atomic mass is 19.1. The summed E-state index contributed by atoms with van der Waals surface area (Å²) in [6.45, 7) is 7.12. The van der Waals surface area contributed by atoms with Gasteiger partial charge in [0, 0.05) is 25.5 Å². The SMILES string of the molecule is COc1cccc2c1n(Cc1nccnc1OC(C)C)c(=O)n2[C@@H]1CCN(c2c(C)cccc2F)C1. The van der Waals surface area contributed by atoms with Crippen molar-refractivity contribution in [3.05, 3.63) is 76.4 Å². The van der Waals surface area contributed by atoms with E-state index in [1.165, 1.54) is 6.07 Å². The van der Waals surface area contributed by atoms with Crippen molar-refractivity contribution in [2.24, 2.45) is 0 Å². The number of hydrogen-bond donors (Lipinski definition) is 0. The summed E-state index contributed by atoms with van der Waals surface area (Å²) in [7, 11) is 1.59. The first-order valence-electron chi connectivity index (χ1n) is 12.1. The molecule has 2 aromatic heterocycles. The molecule has 0 unspecified atom stereocenters. The molecule has 5 rings (SSSR count). The van der Waals surface area contributed by atoms with Crippen LogP contribution in [-0.2, 0) is 6.54 Å². The van der Waals surface area contributed by atoms with Gasteiger partial charge in [-0.05, 0) is 51.0 Å². The lowest BCUT2D eigenvalue weighted by Gasteiger charge is -2.21. The lowest BCUT2D eigenvalue weighted by molar-refractivity contribution is 0.228. The average molecular weight is 492 g/mol. The van der Waals surface area contributed by atoms with Crippen LogP contribution in [0.4, 0.5) is 10.1 Å². The van der Waals surface area contributed by atoms with Crippen LogP contribution in [0.15, 0.2) is 53.6 Å². The van der Waals surface area contributed by atoms with Crippen molar-refractivity contribution >= 4 is 16.7 Å². The summed E-state index contributed by atoms with van der Waals surface area (Å²) in [6, 6.07) is 10.6. The summed E-state index contributed by atoms with van der Waals surface area (Å²) in [4.78, 5) is 24.8. The highest BCUT2D eigenvalue weighted by Gasteiger charge is 2.31. The Morgan fingerprint density at radius 3 is 2.67 bits per heavy atom. The average Bonchev–Trinajstić information content (AvgIpc) is 3.42. The number of halogens is 1. The maximum Gasteiger partial charge on any atom is 0.329 e. The van der Waals surface area contributed by atoms with Crippen molar-refractivity contribution in [3.63, 3.8) is 0 Å². The topological polar surface area (TPSA) is 74.4 Å². The third-order valence-corrected chi connectivity index (χ3v) is 6.59. The van der Waals surface area contributed by atoms with Gasteiger partial charge in [0.1, 0.15) is 22.8 Å². The molecular weight excluding hydrogens is 461 g/mol. The van der Waals surface area contributed by atoms with Crippen LogP contribution < -0.4 is 20.1 Å². The number of aryl methyl sites for hydroxylation is 1. The Morgan fingerprint density at radius 2 is 1.92 bits per heavy atom. The molecule has 0 spiro atoms. The fraction of sp³-hybridized carbons (Fsp3) is 0.370. The number of para-hydroxylation sites is 2. The number of rotatable bonds is 7. The normalized spacial score (nSPS) is 15.7. The summed E-state index contributed by atoms with van der Waals surface area (Å²) in [5.41, 5.74) is 3.33. The van der Waals surface area contributed by atoms with E-state index in [0.717, 1.165) is 17.5 Å².